The molecule has 0 amide bonds. The number of nitrogens with two attached hydrogens (primary N) is 2. The molecule has 0 heterocycles. The van der Waals surface area contributed by atoms with Crippen molar-refractivity contribution >= 4 is 0 Å². The fourth-order valence-electron chi connectivity index (χ4n) is 0.385. The molecular weight excluding hydrogens is 1030 g/mol. The van der Waals surface area contributed by atoms with E-state index in [1.54, 1.807) is 0 Å². The molecule has 1 rings (SSSR count). The van der Waals surface area contributed by atoms with Gasteiger partial charge in [-0.15, -0.1) is 0 Å². The smallest absolute Gasteiger partial charge is 0 e. The molecule has 0 aliphatic carbocycles. The first kappa shape index (κ1) is 85.9. The maximum Gasteiger partial charge on any atom is 0 e. The molecule has 0 saturated heterocycles. The zero-order valence-electron chi connectivity index (χ0n) is 13.4. The van der Waals surface area contributed by atoms with Gasteiger partial charge in [-0.2, -0.15) is 0 Å². The van der Waals surface area contributed by atoms with Crippen molar-refractivity contribution in [1.29, 1.82) is 0 Å². The normalized spacial score (nSPS) is 2.86. The minimum Gasteiger partial charge on any atom is -0.358 e. The van der Waals surface area contributed by atoms with E-state index < -0.39 is 0 Å². The Balaban J connectivity index is -0.00000000367. The average Bonchev–Trinajstić information content (AvgIpc) is 2.14. The molecule has 0 fully saturated rings. The topological polar surface area (TPSA) is 52.0 Å². The molecule has 0 aliphatic heterocycles. The van der Waals surface area contributed by atoms with E-state index in [9.17, 15) is 0 Å². The van der Waals surface area contributed by atoms with E-state index in [2.05, 4.69) is 11.5 Å². The third-order valence-corrected chi connectivity index (χ3v) is 0.667. The molecule has 10 radical (unpaired) electrons. The van der Waals surface area contributed by atoms with Gasteiger partial charge in [-0.05, 0) is 14.1 Å². The molecule has 0 bridgehead atoms. The van der Waals surface area contributed by atoms with Crippen molar-refractivity contribution in [3.8, 4) is 0 Å². The van der Waals surface area contributed by atoms with Gasteiger partial charge < -0.3 is 18.9 Å². The Morgan fingerprint density at radius 2 is 0.381 bits per heavy atom. The van der Waals surface area contributed by atoms with Gasteiger partial charge in [0.1, 0.15) is 0 Å². The second kappa shape index (κ2) is 98.2. The van der Waals surface area contributed by atoms with Gasteiger partial charge in [0.05, 0.1) is 0 Å². The first-order valence-electron chi connectivity index (χ1n) is 3.15. The summed E-state index contributed by atoms with van der Waals surface area (Å²) >= 11 is 0. The Kier molecular flexibility index (Phi) is 402. The fourth-order valence-corrected chi connectivity index (χ4v) is 0.385. The van der Waals surface area contributed by atoms with Crippen molar-refractivity contribution in [3.05, 3.63) is 43.8 Å². The first-order chi connectivity index (χ1) is 5.00. The Hall–Kier alpha value is 10.2. The summed E-state index contributed by atoms with van der Waals surface area (Å²) in [6.07, 6.45) is 0. The molecule has 1 aromatic carbocycles. The van der Waals surface area contributed by atoms with Crippen LogP contribution in [0.4, 0.5) is 0 Å². The van der Waals surface area contributed by atoms with E-state index in [1.807, 2.05) is 36.4 Å². The summed E-state index contributed by atoms with van der Waals surface area (Å²) in [4.78, 5) is 0. The molecule has 0 atom stereocenters. The molecule has 2 nitrogen and oxygen atoms in total. The summed E-state index contributed by atoms with van der Waals surface area (Å²) < 4.78 is 0. The van der Waals surface area contributed by atoms with Crippen LogP contribution in [0.15, 0.2) is 36.4 Å². The monoisotopic (exact) mass is 1040 g/mol. The van der Waals surface area contributed by atoms with Gasteiger partial charge in [-0.3, -0.25) is 0 Å². The van der Waals surface area contributed by atoms with E-state index in [1.165, 1.54) is 14.1 Å². The van der Waals surface area contributed by atoms with Gasteiger partial charge in [-0.1, -0.05) is 36.4 Å². The molecule has 4 N–H and O–H groups in total. The van der Waals surface area contributed by atoms with Gasteiger partial charge in [0.25, 0.3) is 0 Å². The van der Waals surface area contributed by atoms with Crippen LogP contribution in [0.1, 0.15) is 0 Å². The quantitative estimate of drug-likeness (QED) is 0.386. The molecule has 0 aromatic heterocycles. The molecule has 12 heteroatoms. The van der Waals surface area contributed by atoms with Gasteiger partial charge in [0.15, 0.2) is 0 Å². The Morgan fingerprint density at radius 1 is 0.333 bits per heavy atom. The van der Waals surface area contributed by atoms with Crippen molar-refractivity contribution in [1.82, 2.24) is 0 Å². The molecule has 0 saturated carbocycles. The van der Waals surface area contributed by atoms with Crippen LogP contribution < -0.4 is 11.5 Å². The maximum atomic E-state index is 4.50. The largest absolute Gasteiger partial charge is 0.358 e. The van der Waals surface area contributed by atoms with Crippen molar-refractivity contribution in [3.63, 3.8) is 0 Å². The summed E-state index contributed by atoms with van der Waals surface area (Å²) in [5, 5.41) is 0. The van der Waals surface area contributed by atoms with Crippen LogP contribution in [-0.2, 0) is 327 Å². The summed E-state index contributed by atoms with van der Waals surface area (Å²) in [5.74, 6) is 0. The fraction of sp³-hybridized carbons (Fsp3) is 0.222. The van der Waals surface area contributed by atoms with Crippen LogP contribution in [0.2, 0.25) is 0 Å². The zero-order valence-corrected chi connectivity index (χ0v) is 41.8. The molecule has 21 heavy (non-hydrogen) atoms. The van der Waals surface area contributed by atoms with Crippen LogP contribution in [0.25, 0.3) is 0 Å². The Morgan fingerprint density at radius 3 is 0.429 bits per heavy atom. The van der Waals surface area contributed by atoms with Gasteiger partial charge in [-0.25, -0.2) is 0 Å². The molecule has 0 aliphatic rings. The SMILES string of the molecule is CN.CN.[CH3-].[Y].[Y].[Y].[Y].[Y].[Y].[Y].[Y].[Y].[Y].c1ccccc1. The van der Waals surface area contributed by atoms with Crippen LogP contribution in [0.3, 0.4) is 0 Å². The van der Waals surface area contributed by atoms with Crippen LogP contribution in [0, 0.1) is 7.43 Å². The Labute approximate surface area is 384 Å². The first-order valence-corrected chi connectivity index (χ1v) is 3.15. The molecule has 96 valence electrons. The summed E-state index contributed by atoms with van der Waals surface area (Å²) in [6, 6.07) is 12.0. The molecule has 0 unspecified atom stereocenters. The van der Waals surface area contributed by atoms with Crippen LogP contribution in [0.5, 0.6) is 0 Å². The van der Waals surface area contributed by atoms with Crippen LogP contribution in [-0.4, -0.2) is 14.1 Å². The maximum absolute atomic E-state index is 4.50. The van der Waals surface area contributed by atoms with Gasteiger partial charge in [0.2, 0.25) is 0 Å². The summed E-state index contributed by atoms with van der Waals surface area (Å²) in [5.41, 5.74) is 9.00. The number of benzene rings is 1. The predicted octanol–water partition coefficient (Wildman–Crippen LogP) is 1.26. The second-order valence-electron chi connectivity index (χ2n) is 1.15. The van der Waals surface area contributed by atoms with Gasteiger partial charge in [0, 0.05) is 327 Å². The van der Waals surface area contributed by atoms with Crippen molar-refractivity contribution < 1.29 is 327 Å². The van der Waals surface area contributed by atoms with Gasteiger partial charge >= 0.3 is 0 Å². The summed E-state index contributed by atoms with van der Waals surface area (Å²) in [7, 11) is 3.00. The second-order valence-corrected chi connectivity index (χ2v) is 1.15. The minimum absolute atomic E-state index is 0. The third kappa shape index (κ3) is 91.5. The number of hydrogen-bond donors (Lipinski definition) is 2. The number of rotatable bonds is 0. The minimum atomic E-state index is 0. The van der Waals surface area contributed by atoms with E-state index >= 15 is 0 Å². The Bertz CT molecular complexity index is 100. The van der Waals surface area contributed by atoms with E-state index in [0.29, 0.717) is 0 Å². The van der Waals surface area contributed by atoms with E-state index in [4.69, 9.17) is 0 Å². The molecular formula is C9H19N2Y10-. The van der Waals surface area contributed by atoms with E-state index in [0.717, 1.165) is 0 Å². The average molecular weight is 1040 g/mol. The summed E-state index contributed by atoms with van der Waals surface area (Å²) in [6.45, 7) is 0. The van der Waals surface area contributed by atoms with E-state index in [-0.39, 0.29) is 335 Å². The van der Waals surface area contributed by atoms with Crippen LogP contribution >= 0.6 is 0 Å². The molecule has 0 spiro atoms. The standard InChI is InChI=1S/C6H6.2CH5N.CH3.10Y/c1-2-4-6-5-3-1;2*1-2;;;;;;;;;;;/h1-6H;2*2H2,1H3;1H3;;;;;;;;;;/q;;;-1;;;;;;;;;;. The third-order valence-electron chi connectivity index (χ3n) is 0.667. The predicted molar refractivity (Wildman–Crippen MR) is 53.1 cm³/mol. The van der Waals surface area contributed by atoms with Crippen molar-refractivity contribution in [2.75, 3.05) is 14.1 Å². The number of hydrogen-bond acceptors (Lipinski definition) is 2. The van der Waals surface area contributed by atoms with Crippen molar-refractivity contribution in [2.45, 2.75) is 0 Å². The zero-order chi connectivity index (χ0) is 8.24. The molecule has 1 aromatic rings. The van der Waals surface area contributed by atoms with Crippen molar-refractivity contribution in [2.24, 2.45) is 11.5 Å².